The lowest BCUT2D eigenvalue weighted by Crippen LogP contribution is -2.58. The van der Waals surface area contributed by atoms with Gasteiger partial charge < -0.3 is 31.1 Å². The van der Waals surface area contributed by atoms with Gasteiger partial charge in [-0.25, -0.2) is 4.79 Å². The SMILES string of the molecule is C=C(Cc1ccccc1)C1NC(=O)C(Cc2ccc(-c3ccncc3)cc2)NC(=O)C(C=Cc2cccs2)NC(=O)COc2ccc(cc2)CC(C(=O)O)NC1=O. The highest BCUT2D eigenvalue weighted by atomic mass is 32.1. The average molecular weight is 784 g/mol. The Morgan fingerprint density at radius 3 is 2.19 bits per heavy atom. The molecule has 5 N–H and O–H groups in total. The number of aromatic nitrogens is 1. The number of hydrogen-bond donors (Lipinski definition) is 5. The predicted molar refractivity (Wildman–Crippen MR) is 217 cm³/mol. The van der Waals surface area contributed by atoms with E-state index < -0.39 is 60.4 Å². The summed E-state index contributed by atoms with van der Waals surface area (Å²) in [5, 5.41) is 22.9. The number of aliphatic carboxylic acids is 1. The van der Waals surface area contributed by atoms with E-state index in [1.165, 1.54) is 17.4 Å². The number of thiophene rings is 1. The van der Waals surface area contributed by atoms with Crippen LogP contribution in [0.1, 0.15) is 21.6 Å². The van der Waals surface area contributed by atoms with Crippen LogP contribution in [0.5, 0.6) is 5.75 Å². The second-order valence-corrected chi connectivity index (χ2v) is 14.4. The van der Waals surface area contributed by atoms with Crippen LogP contribution in [0.2, 0.25) is 0 Å². The van der Waals surface area contributed by atoms with E-state index in [0.717, 1.165) is 21.6 Å². The Morgan fingerprint density at radius 2 is 1.51 bits per heavy atom. The van der Waals surface area contributed by atoms with Crippen LogP contribution >= 0.6 is 11.3 Å². The Kier molecular flexibility index (Phi) is 13.4. The first-order valence-corrected chi connectivity index (χ1v) is 19.1. The van der Waals surface area contributed by atoms with Crippen molar-refractivity contribution in [2.75, 3.05) is 6.61 Å². The maximum Gasteiger partial charge on any atom is 0.326 e. The molecule has 4 amide bonds. The molecular formula is C44H41N5O7S. The highest BCUT2D eigenvalue weighted by Gasteiger charge is 2.33. The van der Waals surface area contributed by atoms with Crippen molar-refractivity contribution >= 4 is 47.0 Å². The van der Waals surface area contributed by atoms with Crippen molar-refractivity contribution in [2.24, 2.45) is 0 Å². The normalized spacial score (nSPS) is 19.5. The van der Waals surface area contributed by atoms with Gasteiger partial charge in [-0.15, -0.1) is 11.3 Å². The number of pyridine rings is 1. The molecule has 0 fully saturated rings. The quantitative estimate of drug-likeness (QED) is 0.107. The molecule has 2 aliphatic rings. The number of rotatable bonds is 9. The largest absolute Gasteiger partial charge is 0.484 e. The summed E-state index contributed by atoms with van der Waals surface area (Å²) in [6.45, 7) is 3.72. The maximum atomic E-state index is 14.4. The number of ether oxygens (including phenoxy) is 1. The van der Waals surface area contributed by atoms with Gasteiger partial charge in [0.15, 0.2) is 6.61 Å². The third-order valence-corrected chi connectivity index (χ3v) is 10.1. The van der Waals surface area contributed by atoms with Gasteiger partial charge in [0.2, 0.25) is 17.7 Å². The minimum atomic E-state index is -1.39. The van der Waals surface area contributed by atoms with E-state index in [4.69, 9.17) is 4.74 Å². The Labute approximate surface area is 333 Å². The number of carbonyl (C=O) groups is 5. The molecule has 5 aromatic rings. The molecule has 0 aliphatic carbocycles. The molecule has 2 aromatic heterocycles. The first-order chi connectivity index (χ1) is 27.6. The van der Waals surface area contributed by atoms with Gasteiger partial charge in [0, 0.05) is 30.1 Å². The number of nitrogens with zero attached hydrogens (tertiary/aromatic N) is 1. The molecular weight excluding hydrogens is 743 g/mol. The monoisotopic (exact) mass is 783 g/mol. The maximum absolute atomic E-state index is 14.4. The van der Waals surface area contributed by atoms with E-state index in [1.54, 1.807) is 42.7 Å². The van der Waals surface area contributed by atoms with Gasteiger partial charge >= 0.3 is 5.97 Å². The van der Waals surface area contributed by atoms with Crippen molar-refractivity contribution < 1.29 is 33.8 Å². The Hall–Kier alpha value is -6.86. The lowest BCUT2D eigenvalue weighted by molar-refractivity contribution is -0.142. The second kappa shape index (κ2) is 19.1. The van der Waals surface area contributed by atoms with E-state index in [9.17, 15) is 29.1 Å². The van der Waals surface area contributed by atoms with Crippen LogP contribution in [0, 0.1) is 0 Å². The minimum Gasteiger partial charge on any atom is -0.484 e. The van der Waals surface area contributed by atoms with Crippen LogP contribution in [-0.4, -0.2) is 70.5 Å². The third kappa shape index (κ3) is 11.3. The molecule has 2 bridgehead atoms. The van der Waals surface area contributed by atoms with Crippen LogP contribution < -0.4 is 26.0 Å². The van der Waals surface area contributed by atoms with Crippen molar-refractivity contribution in [2.45, 2.75) is 43.4 Å². The van der Waals surface area contributed by atoms with Crippen LogP contribution in [0.4, 0.5) is 0 Å². The topological polar surface area (TPSA) is 176 Å². The highest BCUT2D eigenvalue weighted by molar-refractivity contribution is 7.10. The Morgan fingerprint density at radius 1 is 0.789 bits per heavy atom. The van der Waals surface area contributed by atoms with Gasteiger partial charge in [0.1, 0.15) is 29.9 Å². The van der Waals surface area contributed by atoms with Gasteiger partial charge in [-0.1, -0.05) is 85.5 Å². The molecule has 4 heterocycles. The van der Waals surface area contributed by atoms with Gasteiger partial charge in [-0.2, -0.15) is 0 Å². The van der Waals surface area contributed by atoms with Gasteiger partial charge in [-0.05, 0) is 81.6 Å². The van der Waals surface area contributed by atoms with Gasteiger partial charge in [0.25, 0.3) is 5.91 Å². The van der Waals surface area contributed by atoms with E-state index in [2.05, 4.69) is 32.8 Å². The number of carbonyl (C=O) groups excluding carboxylic acids is 4. The summed E-state index contributed by atoms with van der Waals surface area (Å²) in [5.74, 6) is -3.76. The molecule has 0 saturated heterocycles. The van der Waals surface area contributed by atoms with Crippen molar-refractivity contribution in [3.05, 3.63) is 161 Å². The number of nitrogens with one attached hydrogen (secondary N) is 4. The van der Waals surface area contributed by atoms with E-state index in [0.29, 0.717) is 22.4 Å². The molecule has 4 atom stereocenters. The molecule has 13 heteroatoms. The fraction of sp³-hybridized carbons (Fsp3) is 0.182. The smallest absolute Gasteiger partial charge is 0.326 e. The zero-order chi connectivity index (χ0) is 40.1. The molecule has 4 unspecified atom stereocenters. The number of fused-ring (bicyclic) bond motifs is 16. The molecule has 57 heavy (non-hydrogen) atoms. The summed E-state index contributed by atoms with van der Waals surface area (Å²) in [4.78, 5) is 73.2. The fourth-order valence-electron chi connectivity index (χ4n) is 6.19. The lowest BCUT2D eigenvalue weighted by atomic mass is 9.97. The molecule has 7 rings (SSSR count). The van der Waals surface area contributed by atoms with Crippen LogP contribution in [0.15, 0.2) is 139 Å². The summed E-state index contributed by atoms with van der Waals surface area (Å²) >= 11 is 1.44. The third-order valence-electron chi connectivity index (χ3n) is 9.21. The van der Waals surface area contributed by atoms with E-state index >= 15 is 0 Å². The molecule has 0 radical (unpaired) electrons. The lowest BCUT2D eigenvalue weighted by Gasteiger charge is -2.27. The Bertz CT molecular complexity index is 2210. The number of carboxylic acids is 1. The molecule has 12 nitrogen and oxygen atoms in total. The van der Waals surface area contributed by atoms with Crippen LogP contribution in [-0.2, 0) is 43.2 Å². The highest BCUT2D eigenvalue weighted by Crippen LogP contribution is 2.20. The molecule has 2 aliphatic heterocycles. The summed E-state index contributed by atoms with van der Waals surface area (Å²) in [5.41, 5.74) is 4.22. The zero-order valence-corrected chi connectivity index (χ0v) is 31.6. The molecule has 290 valence electrons. The first-order valence-electron chi connectivity index (χ1n) is 18.2. The van der Waals surface area contributed by atoms with Crippen LogP contribution in [0.25, 0.3) is 17.2 Å². The van der Waals surface area contributed by atoms with Gasteiger partial charge in [0.05, 0.1) is 0 Å². The number of hydrogen-bond acceptors (Lipinski definition) is 8. The number of carboxylic acid groups (broad SMARTS) is 1. The van der Waals surface area contributed by atoms with Crippen molar-refractivity contribution in [3.8, 4) is 16.9 Å². The standard InChI is InChI=1S/C44H41N5O7S/c1-28(24-29-6-3-2-4-7-29)40-43(53)48-38(44(54)55)26-31-11-15-34(16-12-31)56-27-39(50)46-36(18-17-35-8-5-23-57-35)41(51)47-37(42(52)49-40)25-30-9-13-32(14-10-30)33-19-21-45-22-20-33/h2-23,36-38,40H,1,24-27H2,(H,46,50)(H,47,51)(H,48,53)(H,49,52)(H,54,55). The summed E-state index contributed by atoms with van der Waals surface area (Å²) < 4.78 is 5.68. The van der Waals surface area contributed by atoms with Crippen LogP contribution in [0.3, 0.4) is 0 Å². The minimum absolute atomic E-state index is 0.00214. The summed E-state index contributed by atoms with van der Waals surface area (Å²) in [7, 11) is 0. The van der Waals surface area contributed by atoms with Crippen molar-refractivity contribution in [3.63, 3.8) is 0 Å². The second-order valence-electron chi connectivity index (χ2n) is 13.4. The van der Waals surface area contributed by atoms with Crippen molar-refractivity contribution in [1.82, 2.24) is 26.3 Å². The number of benzene rings is 3. The zero-order valence-electron chi connectivity index (χ0n) is 30.8. The van der Waals surface area contributed by atoms with Gasteiger partial charge in [-0.3, -0.25) is 24.2 Å². The van der Waals surface area contributed by atoms with E-state index in [1.807, 2.05) is 84.2 Å². The van der Waals surface area contributed by atoms with E-state index in [-0.39, 0.29) is 19.3 Å². The summed E-state index contributed by atoms with van der Waals surface area (Å²) in [6, 6.07) is 25.3. The molecule has 3 aromatic carbocycles. The molecule has 0 spiro atoms. The summed E-state index contributed by atoms with van der Waals surface area (Å²) in [6.07, 6.45) is 6.70. The number of amides is 4. The predicted octanol–water partition coefficient (Wildman–Crippen LogP) is 4.52. The fourth-order valence-corrected chi connectivity index (χ4v) is 6.82. The average Bonchev–Trinajstić information content (AvgIpc) is 3.75. The Balaban J connectivity index is 1.36. The first kappa shape index (κ1) is 39.8. The van der Waals surface area contributed by atoms with Crippen molar-refractivity contribution in [1.29, 1.82) is 0 Å². The molecule has 0 saturated carbocycles.